The number of ether oxygens (including phenoxy) is 1. The van der Waals surface area contributed by atoms with E-state index in [1.807, 2.05) is 4.90 Å². The lowest BCUT2D eigenvalue weighted by atomic mass is 9.93. The maximum Gasteiger partial charge on any atom is 0.335 e. The third kappa shape index (κ3) is 5.97. The van der Waals surface area contributed by atoms with Gasteiger partial charge in [-0.25, -0.2) is 9.18 Å². The Labute approximate surface area is 213 Å². The molecular formula is C26H27Cl2FN2O4. The summed E-state index contributed by atoms with van der Waals surface area (Å²) in [5.74, 6) is -1.18. The van der Waals surface area contributed by atoms with Crippen molar-refractivity contribution in [3.8, 4) is 0 Å². The number of carbonyl (C=O) groups excluding carboxylic acids is 1. The van der Waals surface area contributed by atoms with Crippen molar-refractivity contribution in [2.45, 2.75) is 31.4 Å². The van der Waals surface area contributed by atoms with Crippen molar-refractivity contribution < 1.29 is 23.8 Å². The zero-order valence-electron chi connectivity index (χ0n) is 19.1. The van der Waals surface area contributed by atoms with Crippen molar-refractivity contribution in [3.63, 3.8) is 0 Å². The summed E-state index contributed by atoms with van der Waals surface area (Å²) in [6.07, 6.45) is 2.08. The number of carboxylic acids is 1. The summed E-state index contributed by atoms with van der Waals surface area (Å²) in [4.78, 5) is 26.0. The predicted octanol–water partition coefficient (Wildman–Crippen LogP) is 5.37. The molecule has 1 heterocycles. The van der Waals surface area contributed by atoms with Crippen LogP contribution in [0.3, 0.4) is 0 Å². The largest absolute Gasteiger partial charge is 0.478 e. The first-order valence-electron chi connectivity index (χ1n) is 11.5. The topological polar surface area (TPSA) is 92.9 Å². The SMILES string of the molecule is NC(=C(COCC1(F)CCN(c2ccc(C(=O)O)cc2)CC1)C(=O)C1CC1)c1c(Cl)cccc1Cl. The van der Waals surface area contributed by atoms with E-state index in [-0.39, 0.29) is 54.6 Å². The quantitative estimate of drug-likeness (QED) is 0.432. The van der Waals surface area contributed by atoms with Crippen LogP contribution in [0.1, 0.15) is 41.6 Å². The van der Waals surface area contributed by atoms with Crippen molar-refractivity contribution in [1.29, 1.82) is 0 Å². The molecule has 9 heteroatoms. The highest BCUT2D eigenvalue weighted by Crippen LogP contribution is 2.37. The first-order valence-corrected chi connectivity index (χ1v) is 12.3. The van der Waals surface area contributed by atoms with Gasteiger partial charge < -0.3 is 20.5 Å². The van der Waals surface area contributed by atoms with Crippen LogP contribution >= 0.6 is 23.2 Å². The van der Waals surface area contributed by atoms with E-state index in [9.17, 15) is 9.59 Å². The van der Waals surface area contributed by atoms with Crippen LogP contribution in [0.25, 0.3) is 5.70 Å². The summed E-state index contributed by atoms with van der Waals surface area (Å²) < 4.78 is 21.2. The number of ketones is 1. The summed E-state index contributed by atoms with van der Waals surface area (Å²) in [6.45, 7) is 0.652. The van der Waals surface area contributed by atoms with Crippen LogP contribution in [0.2, 0.25) is 10.0 Å². The molecule has 0 aromatic heterocycles. The van der Waals surface area contributed by atoms with Gasteiger partial charge in [-0.1, -0.05) is 29.3 Å². The number of carbonyl (C=O) groups is 2. The number of piperidine rings is 1. The maximum absolute atomic E-state index is 15.5. The Hall–Kier alpha value is -2.61. The predicted molar refractivity (Wildman–Crippen MR) is 135 cm³/mol. The highest BCUT2D eigenvalue weighted by molar-refractivity contribution is 6.37. The molecule has 0 spiro atoms. The summed E-state index contributed by atoms with van der Waals surface area (Å²) in [6, 6.07) is 11.5. The van der Waals surface area contributed by atoms with Crippen LogP contribution in [-0.2, 0) is 9.53 Å². The summed E-state index contributed by atoms with van der Waals surface area (Å²) in [7, 11) is 0. The Balaban J connectivity index is 1.40. The van der Waals surface area contributed by atoms with Gasteiger partial charge in [0.2, 0.25) is 0 Å². The number of benzene rings is 2. The van der Waals surface area contributed by atoms with Gasteiger partial charge in [0.1, 0.15) is 5.67 Å². The number of halogens is 3. The standard InChI is InChI=1S/C26H27Cl2FN2O4/c27-20-2-1-3-21(28)22(20)23(30)19(24(32)16-4-5-16)14-35-15-26(29)10-12-31(13-11-26)18-8-6-17(7-9-18)25(33)34/h1-3,6-9,16H,4-5,10-15,30H2,(H,33,34). The van der Waals surface area contributed by atoms with E-state index >= 15 is 4.39 Å². The van der Waals surface area contributed by atoms with Gasteiger partial charge in [-0.15, -0.1) is 0 Å². The molecule has 0 atom stereocenters. The number of aromatic carboxylic acids is 1. The molecule has 6 nitrogen and oxygen atoms in total. The van der Waals surface area contributed by atoms with Gasteiger partial charge in [-0.05, 0) is 49.2 Å². The van der Waals surface area contributed by atoms with Gasteiger partial charge in [0.25, 0.3) is 0 Å². The van der Waals surface area contributed by atoms with E-state index in [4.69, 9.17) is 38.8 Å². The Morgan fingerprint density at radius 1 is 1.09 bits per heavy atom. The molecule has 1 aliphatic carbocycles. The lowest BCUT2D eigenvalue weighted by molar-refractivity contribution is -0.117. The molecule has 2 aliphatic rings. The molecule has 3 N–H and O–H groups in total. The molecule has 2 fully saturated rings. The Morgan fingerprint density at radius 2 is 1.69 bits per heavy atom. The smallest absolute Gasteiger partial charge is 0.335 e. The zero-order chi connectivity index (χ0) is 25.2. The molecule has 186 valence electrons. The van der Waals surface area contributed by atoms with Crippen LogP contribution in [-0.4, -0.2) is 48.8 Å². The highest BCUT2D eigenvalue weighted by Gasteiger charge is 2.37. The van der Waals surface area contributed by atoms with Gasteiger partial charge in [-0.3, -0.25) is 4.79 Å². The van der Waals surface area contributed by atoms with E-state index in [1.165, 1.54) is 0 Å². The van der Waals surface area contributed by atoms with Crippen LogP contribution in [0.4, 0.5) is 10.1 Å². The van der Waals surface area contributed by atoms with Crippen LogP contribution in [0.5, 0.6) is 0 Å². The third-order valence-electron chi connectivity index (χ3n) is 6.55. The van der Waals surface area contributed by atoms with Crippen LogP contribution in [0, 0.1) is 5.92 Å². The molecule has 0 radical (unpaired) electrons. The summed E-state index contributed by atoms with van der Waals surface area (Å²) in [5, 5.41) is 9.72. The number of alkyl halides is 1. The fourth-order valence-corrected chi connectivity index (χ4v) is 4.84. The van der Waals surface area contributed by atoms with Gasteiger partial charge in [0.15, 0.2) is 5.78 Å². The van der Waals surface area contributed by atoms with Gasteiger partial charge >= 0.3 is 5.97 Å². The molecule has 0 bridgehead atoms. The number of nitrogens with two attached hydrogens (primary N) is 1. The number of anilines is 1. The van der Waals surface area contributed by atoms with E-state index in [2.05, 4.69) is 0 Å². The molecule has 4 rings (SSSR count). The van der Waals surface area contributed by atoms with E-state index < -0.39 is 11.6 Å². The second kappa shape index (κ2) is 10.6. The molecule has 1 saturated heterocycles. The van der Waals surface area contributed by atoms with Crippen molar-refractivity contribution in [2.75, 3.05) is 31.2 Å². The zero-order valence-corrected chi connectivity index (χ0v) is 20.6. The molecule has 0 unspecified atom stereocenters. The molecular weight excluding hydrogens is 494 g/mol. The minimum absolute atomic E-state index is 0.0940. The maximum atomic E-state index is 15.5. The van der Waals surface area contributed by atoms with Gasteiger partial charge in [-0.2, -0.15) is 0 Å². The molecule has 2 aromatic carbocycles. The average Bonchev–Trinajstić information content (AvgIpc) is 3.67. The Morgan fingerprint density at radius 3 is 2.23 bits per heavy atom. The first-order chi connectivity index (χ1) is 16.7. The first kappa shape index (κ1) is 25.5. The van der Waals surface area contributed by atoms with E-state index in [0.29, 0.717) is 28.7 Å². The van der Waals surface area contributed by atoms with Gasteiger partial charge in [0.05, 0.1) is 34.5 Å². The number of nitrogens with zero attached hydrogens (tertiary/aromatic N) is 1. The minimum atomic E-state index is -1.54. The third-order valence-corrected chi connectivity index (χ3v) is 7.18. The number of carboxylic acid groups (broad SMARTS) is 1. The van der Waals surface area contributed by atoms with Crippen molar-refractivity contribution in [3.05, 3.63) is 69.2 Å². The highest BCUT2D eigenvalue weighted by atomic mass is 35.5. The fourth-order valence-electron chi connectivity index (χ4n) is 4.24. The van der Waals surface area contributed by atoms with Crippen molar-refractivity contribution >= 4 is 46.3 Å². The fraction of sp³-hybridized carbons (Fsp3) is 0.385. The lowest BCUT2D eigenvalue weighted by Crippen LogP contribution is -2.44. The Kier molecular flexibility index (Phi) is 7.69. The van der Waals surface area contributed by atoms with E-state index in [0.717, 1.165) is 18.5 Å². The molecule has 35 heavy (non-hydrogen) atoms. The second-order valence-electron chi connectivity index (χ2n) is 9.11. The lowest BCUT2D eigenvalue weighted by Gasteiger charge is -2.37. The number of Topliss-reactive ketones (excluding diaryl/α,β-unsaturated/α-hetero) is 1. The minimum Gasteiger partial charge on any atom is -0.478 e. The number of rotatable bonds is 9. The normalized spacial score (nSPS) is 18.2. The average molecular weight is 521 g/mol. The van der Waals surface area contributed by atoms with Crippen LogP contribution in [0.15, 0.2) is 48.0 Å². The Bertz CT molecular complexity index is 1120. The second-order valence-corrected chi connectivity index (χ2v) is 9.92. The number of hydrogen-bond acceptors (Lipinski definition) is 5. The summed E-state index contributed by atoms with van der Waals surface area (Å²) in [5.41, 5.74) is 6.70. The molecule has 1 saturated carbocycles. The monoisotopic (exact) mass is 520 g/mol. The van der Waals surface area contributed by atoms with Gasteiger partial charge in [0, 0.05) is 48.7 Å². The van der Waals surface area contributed by atoms with Crippen molar-refractivity contribution in [1.82, 2.24) is 0 Å². The van der Waals surface area contributed by atoms with E-state index in [1.54, 1.807) is 42.5 Å². The molecule has 0 amide bonds. The van der Waals surface area contributed by atoms with Crippen molar-refractivity contribution in [2.24, 2.45) is 11.7 Å². The molecule has 1 aliphatic heterocycles. The summed E-state index contributed by atoms with van der Waals surface area (Å²) >= 11 is 12.6. The van der Waals surface area contributed by atoms with Crippen LogP contribution < -0.4 is 10.6 Å². The number of hydrogen-bond donors (Lipinski definition) is 2. The molecule has 2 aromatic rings.